The lowest BCUT2D eigenvalue weighted by molar-refractivity contribution is -0.164. The molecule has 0 bridgehead atoms. The fourth-order valence-electron chi connectivity index (χ4n) is 6.80. The average molecular weight is 669 g/mol. The van der Waals surface area contributed by atoms with E-state index in [2.05, 4.69) is 13.8 Å². The number of hydrogen-bond acceptors (Lipinski definition) is 6. The Labute approximate surface area is 291 Å². The van der Waals surface area contributed by atoms with E-state index in [1.165, 1.54) is 141 Å². The van der Waals surface area contributed by atoms with E-state index in [1.807, 2.05) is 0 Å². The van der Waals surface area contributed by atoms with E-state index in [9.17, 15) is 30.0 Å². The van der Waals surface area contributed by atoms with Gasteiger partial charge in [0.1, 0.15) is 12.2 Å². The second-order valence-corrected chi connectivity index (χ2v) is 14.7. The highest BCUT2D eigenvalue weighted by molar-refractivity contribution is 5.88. The molecular weight excluding hydrogens is 588 g/mol. The van der Waals surface area contributed by atoms with Crippen molar-refractivity contribution in [2.75, 3.05) is 13.2 Å². The minimum atomic E-state index is -1.96. The molecule has 0 heterocycles. The first-order chi connectivity index (χ1) is 22.9. The van der Waals surface area contributed by atoms with Crippen molar-refractivity contribution in [1.29, 1.82) is 0 Å². The monoisotopic (exact) mass is 669 g/mol. The first kappa shape index (κ1) is 46.2. The molecule has 2 atom stereocenters. The predicted octanol–water partition coefficient (Wildman–Crippen LogP) is 10.3. The van der Waals surface area contributed by atoms with Crippen molar-refractivity contribution in [3.8, 4) is 0 Å². The molecule has 0 rings (SSSR count). The minimum Gasteiger partial charge on any atom is -0.395 e. The van der Waals surface area contributed by atoms with Gasteiger partial charge in [-0.15, -0.1) is 0 Å². The van der Waals surface area contributed by atoms with Gasteiger partial charge in [-0.3, -0.25) is 9.59 Å². The predicted molar refractivity (Wildman–Crippen MR) is 198 cm³/mol. The van der Waals surface area contributed by atoms with Crippen LogP contribution in [0.3, 0.4) is 0 Å². The number of aliphatic hydroxyl groups is 4. The first-order valence-corrected chi connectivity index (χ1v) is 20.5. The van der Waals surface area contributed by atoms with Gasteiger partial charge in [0.25, 0.3) is 0 Å². The summed E-state index contributed by atoms with van der Waals surface area (Å²) in [6, 6.07) is 0. The highest BCUT2D eigenvalue weighted by atomic mass is 16.3. The van der Waals surface area contributed by atoms with Gasteiger partial charge in [0.05, 0.1) is 18.6 Å². The van der Waals surface area contributed by atoms with E-state index >= 15 is 0 Å². The highest BCUT2D eigenvalue weighted by Crippen LogP contribution is 2.30. The summed E-state index contributed by atoms with van der Waals surface area (Å²) in [6.45, 7) is 2.84. The van der Waals surface area contributed by atoms with Crippen LogP contribution in [0.2, 0.25) is 0 Å². The number of carbonyl (C=O) groups is 2. The molecule has 0 saturated carbocycles. The zero-order valence-electron chi connectivity index (χ0n) is 31.3. The van der Waals surface area contributed by atoms with Gasteiger partial charge in [-0.25, -0.2) is 0 Å². The van der Waals surface area contributed by atoms with Crippen LogP contribution in [-0.2, 0) is 9.59 Å². The van der Waals surface area contributed by atoms with E-state index < -0.39 is 42.4 Å². The summed E-state index contributed by atoms with van der Waals surface area (Å²) >= 11 is 0. The molecular formula is C41H80O6. The largest absolute Gasteiger partial charge is 0.395 e. The Hall–Kier alpha value is -0.820. The van der Waals surface area contributed by atoms with E-state index in [0.29, 0.717) is 12.8 Å². The summed E-state index contributed by atoms with van der Waals surface area (Å²) in [4.78, 5) is 25.6. The fraction of sp³-hybridized carbons (Fsp3) is 0.951. The number of ketones is 2. The Kier molecular flexibility index (Phi) is 33.1. The molecule has 0 fully saturated rings. The number of rotatable bonds is 38. The maximum atomic E-state index is 12.8. The molecule has 0 radical (unpaired) electrons. The Morgan fingerprint density at radius 1 is 0.383 bits per heavy atom. The van der Waals surface area contributed by atoms with Crippen molar-refractivity contribution in [1.82, 2.24) is 0 Å². The molecule has 6 heteroatoms. The quantitative estimate of drug-likeness (QED) is 0.0487. The topological polar surface area (TPSA) is 115 Å². The molecule has 0 aromatic carbocycles. The van der Waals surface area contributed by atoms with Crippen LogP contribution in [0, 0.1) is 5.41 Å². The summed E-state index contributed by atoms with van der Waals surface area (Å²) in [5, 5.41) is 41.6. The van der Waals surface area contributed by atoms with Gasteiger partial charge in [0.2, 0.25) is 0 Å². The van der Waals surface area contributed by atoms with Gasteiger partial charge in [-0.05, 0) is 12.8 Å². The van der Waals surface area contributed by atoms with Crippen molar-refractivity contribution in [2.24, 2.45) is 5.41 Å². The molecule has 0 aromatic heterocycles. The molecule has 0 saturated heterocycles. The van der Waals surface area contributed by atoms with E-state index in [0.717, 1.165) is 38.5 Å². The van der Waals surface area contributed by atoms with Gasteiger partial charge in [0, 0.05) is 12.8 Å². The second kappa shape index (κ2) is 33.7. The maximum Gasteiger partial charge on any atom is 0.162 e. The standard InChI is InChI=1S/C41H80O6/c1-3-5-7-9-11-13-15-17-19-21-23-25-27-29-31-33-37(44)39(46)41(35-42,36-43)40(47)38(45)34-32-30-28-26-24-22-20-18-16-14-12-10-8-6-4-2/h39-40,42-43,46-47H,3-36H2,1-2H3. The normalized spacial score (nSPS) is 13.2. The second-order valence-electron chi connectivity index (χ2n) is 14.7. The lowest BCUT2D eigenvalue weighted by Gasteiger charge is -2.37. The van der Waals surface area contributed by atoms with Crippen molar-refractivity contribution in [3.63, 3.8) is 0 Å². The zero-order chi connectivity index (χ0) is 34.9. The summed E-state index contributed by atoms with van der Waals surface area (Å²) in [6.07, 6.45) is 33.2. The number of unbranched alkanes of at least 4 members (excludes halogenated alkanes) is 28. The lowest BCUT2D eigenvalue weighted by Crippen LogP contribution is -2.56. The highest BCUT2D eigenvalue weighted by Gasteiger charge is 2.49. The Bertz CT molecular complexity index is 637. The molecule has 47 heavy (non-hydrogen) atoms. The van der Waals surface area contributed by atoms with Crippen LogP contribution in [0.25, 0.3) is 0 Å². The fourth-order valence-corrected chi connectivity index (χ4v) is 6.80. The van der Waals surface area contributed by atoms with Gasteiger partial charge in [-0.1, -0.05) is 194 Å². The number of aliphatic hydroxyl groups excluding tert-OH is 4. The van der Waals surface area contributed by atoms with Gasteiger partial charge < -0.3 is 20.4 Å². The van der Waals surface area contributed by atoms with Crippen molar-refractivity contribution >= 4 is 11.6 Å². The van der Waals surface area contributed by atoms with Gasteiger partial charge in [-0.2, -0.15) is 0 Å². The third-order valence-electron chi connectivity index (χ3n) is 10.3. The van der Waals surface area contributed by atoms with Crippen LogP contribution in [-0.4, -0.2) is 57.4 Å². The van der Waals surface area contributed by atoms with Crippen molar-refractivity contribution < 1.29 is 30.0 Å². The van der Waals surface area contributed by atoms with Gasteiger partial charge >= 0.3 is 0 Å². The Morgan fingerprint density at radius 2 is 0.574 bits per heavy atom. The van der Waals surface area contributed by atoms with Crippen LogP contribution in [0.15, 0.2) is 0 Å². The Balaban J connectivity index is 4.04. The number of carbonyl (C=O) groups excluding carboxylic acids is 2. The molecule has 280 valence electrons. The molecule has 0 aromatic rings. The zero-order valence-corrected chi connectivity index (χ0v) is 31.3. The van der Waals surface area contributed by atoms with Crippen LogP contribution in [0.1, 0.15) is 219 Å². The number of Topliss-reactive ketones (excluding diaryl/α,β-unsaturated/α-hetero) is 2. The summed E-state index contributed by atoms with van der Waals surface area (Å²) in [5.74, 6) is -1.05. The van der Waals surface area contributed by atoms with Crippen LogP contribution in [0.5, 0.6) is 0 Å². The molecule has 6 nitrogen and oxygen atoms in total. The summed E-state index contributed by atoms with van der Waals surface area (Å²) in [7, 11) is 0. The number of hydrogen-bond donors (Lipinski definition) is 4. The van der Waals surface area contributed by atoms with Crippen molar-refractivity contribution in [2.45, 2.75) is 232 Å². The maximum absolute atomic E-state index is 12.8. The summed E-state index contributed by atoms with van der Waals surface area (Å²) in [5.41, 5.74) is -1.96. The van der Waals surface area contributed by atoms with E-state index in [1.54, 1.807) is 0 Å². The van der Waals surface area contributed by atoms with Crippen molar-refractivity contribution in [3.05, 3.63) is 0 Å². The van der Waals surface area contributed by atoms with Crippen LogP contribution in [0.4, 0.5) is 0 Å². The first-order valence-electron chi connectivity index (χ1n) is 20.5. The molecule has 0 amide bonds. The third-order valence-corrected chi connectivity index (χ3v) is 10.3. The molecule has 0 spiro atoms. The molecule has 0 aliphatic rings. The lowest BCUT2D eigenvalue weighted by atomic mass is 9.73. The molecule has 0 aliphatic carbocycles. The Morgan fingerprint density at radius 3 is 0.766 bits per heavy atom. The molecule has 4 N–H and O–H groups in total. The minimum absolute atomic E-state index is 0.112. The van der Waals surface area contributed by atoms with Gasteiger partial charge in [0.15, 0.2) is 11.6 Å². The third kappa shape index (κ3) is 24.1. The average Bonchev–Trinajstić information content (AvgIpc) is 3.08. The SMILES string of the molecule is CCCCCCCCCCCCCCCCCC(=O)C(O)C(CO)(CO)C(O)C(=O)CCCCCCCCCCCCCCCCC. The smallest absolute Gasteiger partial charge is 0.162 e. The molecule has 2 unspecified atom stereocenters. The van der Waals surface area contributed by atoms with E-state index in [4.69, 9.17) is 0 Å². The van der Waals surface area contributed by atoms with E-state index in [-0.39, 0.29) is 12.8 Å². The molecule has 0 aliphatic heterocycles. The summed E-state index contributed by atoms with van der Waals surface area (Å²) < 4.78 is 0. The van der Waals surface area contributed by atoms with Crippen LogP contribution < -0.4 is 0 Å². The van der Waals surface area contributed by atoms with Crippen LogP contribution >= 0.6 is 0 Å².